The van der Waals surface area contributed by atoms with Crippen molar-refractivity contribution in [3.8, 4) is 5.75 Å². The van der Waals surface area contributed by atoms with E-state index >= 15 is 0 Å². The van der Waals surface area contributed by atoms with E-state index in [0.29, 0.717) is 11.5 Å². The van der Waals surface area contributed by atoms with Crippen molar-refractivity contribution in [3.63, 3.8) is 0 Å². The largest absolute Gasteiger partial charge is 0.507 e. The number of phenols is 1. The number of amides is 1. The zero-order valence-electron chi connectivity index (χ0n) is 11.4. The molecule has 1 saturated heterocycles. The average Bonchev–Trinajstić information content (AvgIpc) is 2.45. The normalized spacial score (nSPS) is 21.4. The monoisotopic (exact) mass is 267 g/mol. The van der Waals surface area contributed by atoms with Crippen molar-refractivity contribution in [3.05, 3.63) is 65.7 Å². The summed E-state index contributed by atoms with van der Waals surface area (Å²) >= 11 is 0. The Kier molecular flexibility index (Phi) is 3.18. The van der Waals surface area contributed by atoms with E-state index in [1.807, 2.05) is 35.2 Å². The van der Waals surface area contributed by atoms with E-state index in [1.54, 1.807) is 24.3 Å². The summed E-state index contributed by atoms with van der Waals surface area (Å²) in [5.41, 5.74) is 1.52. The summed E-state index contributed by atoms with van der Waals surface area (Å²) in [5, 5.41) is 9.82. The predicted octanol–water partition coefficient (Wildman–Crippen LogP) is 3.23. The average molecular weight is 267 g/mol. The Bertz CT molecular complexity index is 624. The van der Waals surface area contributed by atoms with E-state index in [0.717, 1.165) is 12.1 Å². The summed E-state index contributed by atoms with van der Waals surface area (Å²) in [4.78, 5) is 14.4. The number of carbonyl (C=O) groups excluding carboxylic acids is 1. The lowest BCUT2D eigenvalue weighted by Crippen LogP contribution is -2.51. The SMILES string of the molecule is C[C@@H]1CN(C(=O)c2ccccc2O)[C@H]1c1ccccc1. The Labute approximate surface area is 118 Å². The number of para-hydroxylation sites is 1. The van der Waals surface area contributed by atoms with E-state index in [4.69, 9.17) is 0 Å². The molecule has 3 rings (SSSR count). The summed E-state index contributed by atoms with van der Waals surface area (Å²) in [7, 11) is 0. The Hall–Kier alpha value is -2.29. The first-order valence-corrected chi connectivity index (χ1v) is 6.82. The number of likely N-dealkylation sites (tertiary alicyclic amines) is 1. The van der Waals surface area contributed by atoms with Crippen LogP contribution in [-0.2, 0) is 0 Å². The van der Waals surface area contributed by atoms with E-state index < -0.39 is 0 Å². The maximum Gasteiger partial charge on any atom is 0.258 e. The molecule has 0 unspecified atom stereocenters. The van der Waals surface area contributed by atoms with Crippen LogP contribution in [0.5, 0.6) is 5.75 Å². The van der Waals surface area contributed by atoms with Gasteiger partial charge < -0.3 is 10.0 Å². The quantitative estimate of drug-likeness (QED) is 0.907. The molecule has 102 valence electrons. The van der Waals surface area contributed by atoms with Crippen molar-refractivity contribution in [1.82, 2.24) is 4.90 Å². The van der Waals surface area contributed by atoms with Gasteiger partial charge in [0.1, 0.15) is 5.75 Å². The maximum absolute atomic E-state index is 12.5. The van der Waals surface area contributed by atoms with Gasteiger partial charge in [0.15, 0.2) is 0 Å². The van der Waals surface area contributed by atoms with Crippen LogP contribution in [0.2, 0.25) is 0 Å². The Morgan fingerprint density at radius 2 is 1.75 bits per heavy atom. The third kappa shape index (κ3) is 2.05. The van der Waals surface area contributed by atoms with Crippen LogP contribution in [-0.4, -0.2) is 22.5 Å². The lowest BCUT2D eigenvalue weighted by molar-refractivity contribution is 0.0195. The molecule has 1 aliphatic heterocycles. The molecule has 1 N–H and O–H groups in total. The highest BCUT2D eigenvalue weighted by Crippen LogP contribution is 2.40. The zero-order valence-corrected chi connectivity index (χ0v) is 11.4. The standard InChI is InChI=1S/C17H17NO2/c1-12-11-18(16(12)13-7-3-2-4-8-13)17(20)14-9-5-6-10-15(14)19/h2-10,12,16,19H,11H2,1H3/t12-,16-/m1/s1. The van der Waals surface area contributed by atoms with E-state index in [1.165, 1.54) is 0 Å². The molecule has 1 amide bonds. The summed E-state index contributed by atoms with van der Waals surface area (Å²) in [6.07, 6.45) is 0. The lowest BCUT2D eigenvalue weighted by Gasteiger charge is -2.47. The molecule has 1 fully saturated rings. The van der Waals surface area contributed by atoms with Gasteiger partial charge >= 0.3 is 0 Å². The van der Waals surface area contributed by atoms with E-state index in [-0.39, 0.29) is 17.7 Å². The third-order valence-corrected chi connectivity index (χ3v) is 3.90. The van der Waals surface area contributed by atoms with Crippen LogP contribution in [0.1, 0.15) is 28.9 Å². The molecule has 1 aliphatic rings. The second-order valence-electron chi connectivity index (χ2n) is 5.31. The van der Waals surface area contributed by atoms with Crippen molar-refractivity contribution in [1.29, 1.82) is 0 Å². The van der Waals surface area contributed by atoms with Gasteiger partial charge in [0.2, 0.25) is 0 Å². The van der Waals surface area contributed by atoms with E-state index in [9.17, 15) is 9.90 Å². The van der Waals surface area contributed by atoms with Gasteiger partial charge in [-0.25, -0.2) is 0 Å². The number of carbonyl (C=O) groups is 1. The first-order valence-electron chi connectivity index (χ1n) is 6.82. The van der Waals surface area contributed by atoms with Gasteiger partial charge in [-0.05, 0) is 23.6 Å². The molecular weight excluding hydrogens is 250 g/mol. The molecule has 0 bridgehead atoms. The first kappa shape index (κ1) is 12.7. The minimum absolute atomic E-state index is 0.0452. The Morgan fingerprint density at radius 3 is 2.40 bits per heavy atom. The molecule has 2 atom stereocenters. The summed E-state index contributed by atoms with van der Waals surface area (Å²) in [5.74, 6) is 0.381. The van der Waals surface area contributed by atoms with Crippen molar-refractivity contribution in [2.24, 2.45) is 5.92 Å². The molecule has 3 nitrogen and oxygen atoms in total. The van der Waals surface area contributed by atoms with Crippen molar-refractivity contribution < 1.29 is 9.90 Å². The molecule has 0 saturated carbocycles. The molecule has 2 aromatic carbocycles. The predicted molar refractivity (Wildman–Crippen MR) is 77.5 cm³/mol. The minimum atomic E-state index is -0.102. The molecule has 2 aromatic rings. The van der Waals surface area contributed by atoms with Crippen LogP contribution in [0.15, 0.2) is 54.6 Å². The topological polar surface area (TPSA) is 40.5 Å². The van der Waals surface area contributed by atoms with Crippen molar-refractivity contribution >= 4 is 5.91 Å². The Balaban J connectivity index is 1.88. The van der Waals surface area contributed by atoms with Crippen LogP contribution in [0.25, 0.3) is 0 Å². The summed E-state index contributed by atoms with van der Waals surface area (Å²) < 4.78 is 0. The molecular formula is C17H17NO2. The highest BCUT2D eigenvalue weighted by Gasteiger charge is 2.40. The molecule has 1 heterocycles. The van der Waals surface area contributed by atoms with Gasteiger partial charge in [-0.3, -0.25) is 4.79 Å². The Morgan fingerprint density at radius 1 is 1.10 bits per heavy atom. The zero-order chi connectivity index (χ0) is 14.1. The molecule has 0 aliphatic carbocycles. The van der Waals surface area contributed by atoms with Gasteiger partial charge in [-0.2, -0.15) is 0 Å². The number of hydrogen-bond acceptors (Lipinski definition) is 2. The van der Waals surface area contributed by atoms with Crippen LogP contribution in [0.3, 0.4) is 0 Å². The number of rotatable bonds is 2. The first-order chi connectivity index (χ1) is 9.68. The lowest BCUT2D eigenvalue weighted by atomic mass is 9.84. The fourth-order valence-electron chi connectivity index (χ4n) is 2.87. The summed E-state index contributed by atoms with van der Waals surface area (Å²) in [6.45, 7) is 2.87. The van der Waals surface area contributed by atoms with Crippen LogP contribution in [0, 0.1) is 5.92 Å². The highest BCUT2D eigenvalue weighted by molar-refractivity contribution is 5.97. The number of hydrogen-bond donors (Lipinski definition) is 1. The second kappa shape index (κ2) is 5.00. The molecule has 20 heavy (non-hydrogen) atoms. The minimum Gasteiger partial charge on any atom is -0.507 e. The van der Waals surface area contributed by atoms with Crippen molar-refractivity contribution in [2.45, 2.75) is 13.0 Å². The van der Waals surface area contributed by atoms with Gasteiger partial charge in [-0.15, -0.1) is 0 Å². The number of aromatic hydroxyl groups is 1. The van der Waals surface area contributed by atoms with Crippen LogP contribution >= 0.6 is 0 Å². The molecule has 0 radical (unpaired) electrons. The van der Waals surface area contributed by atoms with Gasteiger partial charge in [0.25, 0.3) is 5.91 Å². The number of benzene rings is 2. The van der Waals surface area contributed by atoms with E-state index in [2.05, 4.69) is 6.92 Å². The third-order valence-electron chi connectivity index (χ3n) is 3.90. The smallest absolute Gasteiger partial charge is 0.258 e. The number of phenolic OH excluding ortho intramolecular Hbond substituents is 1. The van der Waals surface area contributed by atoms with Gasteiger partial charge in [0.05, 0.1) is 11.6 Å². The van der Waals surface area contributed by atoms with Gasteiger partial charge in [-0.1, -0.05) is 49.4 Å². The molecule has 3 heteroatoms. The molecule has 0 aromatic heterocycles. The van der Waals surface area contributed by atoms with Crippen molar-refractivity contribution in [2.75, 3.05) is 6.54 Å². The summed E-state index contributed by atoms with van der Waals surface area (Å²) in [6, 6.07) is 16.9. The van der Waals surface area contributed by atoms with Crippen LogP contribution in [0.4, 0.5) is 0 Å². The fourth-order valence-corrected chi connectivity index (χ4v) is 2.87. The highest BCUT2D eigenvalue weighted by atomic mass is 16.3. The van der Waals surface area contributed by atoms with Gasteiger partial charge in [0, 0.05) is 6.54 Å². The number of nitrogens with zero attached hydrogens (tertiary/aromatic N) is 1. The van der Waals surface area contributed by atoms with Crippen LogP contribution < -0.4 is 0 Å². The fraction of sp³-hybridized carbons (Fsp3) is 0.235. The molecule has 0 spiro atoms. The second-order valence-corrected chi connectivity index (χ2v) is 5.31. The maximum atomic E-state index is 12.5.